The number of sulfone groups is 1. The molecule has 1 N–H and O–H groups in total. The summed E-state index contributed by atoms with van der Waals surface area (Å²) in [6.07, 6.45) is 3.11. The van der Waals surface area contributed by atoms with Crippen molar-refractivity contribution in [2.24, 2.45) is 0 Å². The summed E-state index contributed by atoms with van der Waals surface area (Å²) < 4.78 is 28.2. The average molecular weight is 244 g/mol. The minimum absolute atomic E-state index is 0.0478. The first-order chi connectivity index (χ1) is 7.61. The van der Waals surface area contributed by atoms with Gasteiger partial charge >= 0.3 is 0 Å². The van der Waals surface area contributed by atoms with E-state index in [2.05, 4.69) is 10.3 Å². The number of aromatic nitrogens is 1. The van der Waals surface area contributed by atoms with E-state index in [9.17, 15) is 8.42 Å². The first kappa shape index (κ1) is 11.6. The number of nitrogens with one attached hydrogen (secondary N) is 1. The molecule has 5 nitrogen and oxygen atoms in total. The average Bonchev–Trinajstić information content (AvgIpc) is 2.81. The topological polar surface area (TPSA) is 72.2 Å². The van der Waals surface area contributed by atoms with Crippen LogP contribution in [0.25, 0.3) is 0 Å². The maximum absolute atomic E-state index is 11.3. The molecule has 0 saturated carbocycles. The van der Waals surface area contributed by atoms with E-state index < -0.39 is 9.84 Å². The number of likely N-dealkylation sites (N-methyl/N-ethyl adjacent to an activating group) is 1. The van der Waals surface area contributed by atoms with Crippen LogP contribution in [0, 0.1) is 0 Å². The molecule has 16 heavy (non-hydrogen) atoms. The number of rotatable bonds is 4. The summed E-state index contributed by atoms with van der Waals surface area (Å²) in [4.78, 5) is 4.16. The third kappa shape index (κ3) is 2.62. The largest absolute Gasteiger partial charge is 0.445 e. The van der Waals surface area contributed by atoms with Crippen LogP contribution in [0.1, 0.15) is 24.0 Å². The van der Waals surface area contributed by atoms with Crippen LogP contribution < -0.4 is 5.32 Å². The predicted octanol–water partition coefficient (Wildman–Crippen LogP) is 0.339. The number of nitrogens with zero attached hydrogens (tertiary/aromatic N) is 1. The van der Waals surface area contributed by atoms with Crippen LogP contribution in [0.15, 0.2) is 10.6 Å². The third-order valence-corrected chi connectivity index (χ3v) is 4.54. The van der Waals surface area contributed by atoms with Gasteiger partial charge in [0.25, 0.3) is 0 Å². The maximum atomic E-state index is 11.3. The summed E-state index contributed by atoms with van der Waals surface area (Å²) in [5, 5.41) is 3.02. The van der Waals surface area contributed by atoms with Crippen molar-refractivity contribution < 1.29 is 12.8 Å². The van der Waals surface area contributed by atoms with Crippen molar-refractivity contribution >= 4 is 9.84 Å². The summed E-state index contributed by atoms with van der Waals surface area (Å²) >= 11 is 0. The number of hydrogen-bond acceptors (Lipinski definition) is 5. The second-order valence-corrected chi connectivity index (χ2v) is 6.35. The van der Waals surface area contributed by atoms with Crippen LogP contribution in [0.2, 0.25) is 0 Å². The fraction of sp³-hybridized carbons (Fsp3) is 0.700. The molecule has 1 aromatic heterocycles. The van der Waals surface area contributed by atoms with Crippen molar-refractivity contribution in [1.29, 1.82) is 0 Å². The lowest BCUT2D eigenvalue weighted by Crippen LogP contribution is -2.09. The molecule has 1 fully saturated rings. The smallest absolute Gasteiger partial charge is 0.198 e. The van der Waals surface area contributed by atoms with E-state index in [1.54, 1.807) is 6.20 Å². The molecule has 0 radical (unpaired) electrons. The molecule has 90 valence electrons. The quantitative estimate of drug-likeness (QED) is 0.827. The van der Waals surface area contributed by atoms with E-state index in [0.717, 1.165) is 18.7 Å². The Morgan fingerprint density at radius 2 is 2.44 bits per heavy atom. The van der Waals surface area contributed by atoms with E-state index in [1.807, 2.05) is 7.05 Å². The van der Waals surface area contributed by atoms with Crippen molar-refractivity contribution in [1.82, 2.24) is 10.3 Å². The van der Waals surface area contributed by atoms with Crippen LogP contribution in [0.4, 0.5) is 0 Å². The predicted molar refractivity (Wildman–Crippen MR) is 60.1 cm³/mol. The Balaban J connectivity index is 2.02. The number of hydrogen-bond donors (Lipinski definition) is 1. The van der Waals surface area contributed by atoms with E-state index in [-0.39, 0.29) is 17.4 Å². The highest BCUT2D eigenvalue weighted by Crippen LogP contribution is 2.28. The molecular weight excluding hydrogens is 228 g/mol. The number of oxazole rings is 1. The Morgan fingerprint density at radius 3 is 3.06 bits per heavy atom. The van der Waals surface area contributed by atoms with Gasteiger partial charge in [-0.3, -0.25) is 0 Å². The van der Waals surface area contributed by atoms with Gasteiger partial charge in [0.05, 0.1) is 23.6 Å². The molecule has 6 heteroatoms. The lowest BCUT2D eigenvalue weighted by atomic mass is 10.1. The molecule has 1 aliphatic rings. The molecule has 1 saturated heterocycles. The van der Waals surface area contributed by atoms with Gasteiger partial charge in [0, 0.05) is 13.0 Å². The monoisotopic (exact) mass is 244 g/mol. The van der Waals surface area contributed by atoms with E-state index in [0.29, 0.717) is 12.3 Å². The van der Waals surface area contributed by atoms with Crippen LogP contribution in [0.3, 0.4) is 0 Å². The molecule has 0 aromatic carbocycles. The molecule has 2 rings (SSSR count). The summed E-state index contributed by atoms with van der Waals surface area (Å²) in [5.41, 5.74) is 0. The molecule has 0 spiro atoms. The van der Waals surface area contributed by atoms with Crippen molar-refractivity contribution in [3.63, 3.8) is 0 Å². The lowest BCUT2D eigenvalue weighted by molar-refractivity contribution is 0.427. The van der Waals surface area contributed by atoms with Crippen molar-refractivity contribution in [2.45, 2.75) is 18.8 Å². The van der Waals surface area contributed by atoms with Crippen molar-refractivity contribution in [3.8, 4) is 0 Å². The van der Waals surface area contributed by atoms with Gasteiger partial charge < -0.3 is 9.73 Å². The van der Waals surface area contributed by atoms with Gasteiger partial charge in [0.15, 0.2) is 15.7 Å². The highest BCUT2D eigenvalue weighted by atomic mass is 32.2. The zero-order valence-corrected chi connectivity index (χ0v) is 10.1. The minimum atomic E-state index is -2.86. The summed E-state index contributed by atoms with van der Waals surface area (Å²) in [7, 11) is -0.988. The van der Waals surface area contributed by atoms with Gasteiger partial charge in [-0.2, -0.15) is 0 Å². The molecule has 2 heterocycles. The van der Waals surface area contributed by atoms with Crippen LogP contribution in [-0.4, -0.2) is 38.5 Å². The van der Waals surface area contributed by atoms with Crippen molar-refractivity contribution in [2.75, 3.05) is 25.1 Å². The molecule has 1 aromatic rings. The van der Waals surface area contributed by atoms with Crippen LogP contribution in [-0.2, 0) is 16.3 Å². The summed E-state index contributed by atoms with van der Waals surface area (Å²) in [6, 6.07) is 0. The molecule has 0 aliphatic carbocycles. The standard InChI is InChI=1S/C10H16N2O3S/c1-11-4-2-9-6-12-10(15-9)8-3-5-16(13,14)7-8/h6,8,11H,2-5,7H2,1H3. The second-order valence-electron chi connectivity index (χ2n) is 4.12. The van der Waals surface area contributed by atoms with Gasteiger partial charge in [-0.1, -0.05) is 0 Å². The van der Waals surface area contributed by atoms with Gasteiger partial charge in [0.2, 0.25) is 0 Å². The van der Waals surface area contributed by atoms with E-state index >= 15 is 0 Å². The minimum Gasteiger partial charge on any atom is -0.445 e. The van der Waals surface area contributed by atoms with Gasteiger partial charge in [-0.25, -0.2) is 13.4 Å². The molecule has 1 aliphatic heterocycles. The fourth-order valence-corrected chi connectivity index (χ4v) is 3.60. The van der Waals surface area contributed by atoms with Crippen LogP contribution >= 0.6 is 0 Å². The zero-order chi connectivity index (χ0) is 11.6. The second kappa shape index (κ2) is 4.55. The molecule has 0 bridgehead atoms. The molecule has 1 unspecified atom stereocenters. The highest BCUT2D eigenvalue weighted by Gasteiger charge is 2.32. The Kier molecular flexibility index (Phi) is 3.30. The van der Waals surface area contributed by atoms with Gasteiger partial charge in [-0.15, -0.1) is 0 Å². The Labute approximate surface area is 95.2 Å². The molecule has 1 atom stereocenters. The lowest BCUT2D eigenvalue weighted by Gasteiger charge is -2.00. The SMILES string of the molecule is CNCCc1cnc(C2CCS(=O)(=O)C2)o1. The third-order valence-electron chi connectivity index (χ3n) is 2.77. The Morgan fingerprint density at radius 1 is 1.62 bits per heavy atom. The summed E-state index contributed by atoms with van der Waals surface area (Å²) in [6.45, 7) is 0.831. The van der Waals surface area contributed by atoms with Gasteiger partial charge in [0.1, 0.15) is 5.76 Å². The highest BCUT2D eigenvalue weighted by molar-refractivity contribution is 7.91. The van der Waals surface area contributed by atoms with Crippen molar-refractivity contribution in [3.05, 3.63) is 17.8 Å². The Hall–Kier alpha value is -0.880. The maximum Gasteiger partial charge on any atom is 0.198 e. The van der Waals surface area contributed by atoms with E-state index in [1.165, 1.54) is 0 Å². The molecular formula is C10H16N2O3S. The normalized spacial score (nSPS) is 23.7. The summed E-state index contributed by atoms with van der Waals surface area (Å²) in [5.74, 6) is 1.78. The molecule has 0 amide bonds. The Bertz CT molecular complexity index is 452. The van der Waals surface area contributed by atoms with E-state index in [4.69, 9.17) is 4.42 Å². The first-order valence-electron chi connectivity index (χ1n) is 5.40. The van der Waals surface area contributed by atoms with Crippen LogP contribution in [0.5, 0.6) is 0 Å². The van der Waals surface area contributed by atoms with Gasteiger partial charge in [-0.05, 0) is 13.5 Å². The zero-order valence-electron chi connectivity index (χ0n) is 9.27. The first-order valence-corrected chi connectivity index (χ1v) is 7.22. The fourth-order valence-electron chi connectivity index (χ4n) is 1.86.